The van der Waals surface area contributed by atoms with Gasteiger partial charge < -0.3 is 15.3 Å². The Kier molecular flexibility index (Phi) is 8.81. The molecule has 2 N–H and O–H groups in total. The molecule has 10 heteroatoms. The highest BCUT2D eigenvalue weighted by molar-refractivity contribution is 7.90. The van der Waals surface area contributed by atoms with E-state index in [1.807, 2.05) is 18.2 Å². The second-order valence-corrected chi connectivity index (χ2v) is 13.0. The first-order valence-electron chi connectivity index (χ1n) is 12.5. The molecule has 2 aromatic carbocycles. The quantitative estimate of drug-likeness (QED) is 0.331. The van der Waals surface area contributed by atoms with Crippen LogP contribution in [-0.2, 0) is 9.84 Å². The molecule has 1 aliphatic heterocycles. The largest absolute Gasteiger partial charge is 0.505 e. The number of phenolic OH excluding ortho intramolecular Hbond substituents is 1. The van der Waals surface area contributed by atoms with Crippen LogP contribution in [0.1, 0.15) is 38.5 Å². The summed E-state index contributed by atoms with van der Waals surface area (Å²) < 4.78 is 25.4. The highest BCUT2D eigenvalue weighted by Gasteiger charge is 2.26. The average Bonchev–Trinajstić information content (AvgIpc) is 3.35. The number of nitrogens with zero attached hydrogens (tertiary/aromatic N) is 2. The van der Waals surface area contributed by atoms with Gasteiger partial charge in [0.05, 0.1) is 21.2 Å². The van der Waals surface area contributed by atoms with Gasteiger partial charge in [0.15, 0.2) is 15.6 Å². The molecule has 2 fully saturated rings. The summed E-state index contributed by atoms with van der Waals surface area (Å²) in [6, 6.07) is 9.16. The summed E-state index contributed by atoms with van der Waals surface area (Å²) >= 11 is 12.3. The lowest BCUT2D eigenvalue weighted by atomic mass is 9.85. The van der Waals surface area contributed by atoms with E-state index in [1.165, 1.54) is 44.9 Å². The molecule has 5 rings (SSSR count). The Hall–Kier alpha value is -1.77. The molecule has 200 valence electrons. The van der Waals surface area contributed by atoms with Gasteiger partial charge in [0.2, 0.25) is 0 Å². The Bertz CT molecular complexity index is 1360. The molecule has 2 heterocycles. The van der Waals surface area contributed by atoms with E-state index in [0.717, 1.165) is 42.2 Å². The number of benzene rings is 2. The second kappa shape index (κ2) is 11.5. The first-order valence-corrected chi connectivity index (χ1v) is 15.1. The highest BCUT2D eigenvalue weighted by Crippen LogP contribution is 2.39. The van der Waals surface area contributed by atoms with Crippen LogP contribution in [0.15, 0.2) is 41.4 Å². The summed E-state index contributed by atoms with van der Waals surface area (Å²) in [4.78, 5) is 7.22. The summed E-state index contributed by atoms with van der Waals surface area (Å²) in [5.41, 5.74) is 2.83. The summed E-state index contributed by atoms with van der Waals surface area (Å²) in [6.07, 6.45) is 9.59. The Morgan fingerprint density at radius 3 is 2.30 bits per heavy atom. The fourth-order valence-corrected chi connectivity index (χ4v) is 6.81. The van der Waals surface area contributed by atoms with E-state index in [4.69, 9.17) is 23.2 Å². The van der Waals surface area contributed by atoms with Crippen molar-refractivity contribution in [2.45, 2.75) is 49.5 Å². The van der Waals surface area contributed by atoms with E-state index in [-0.39, 0.29) is 39.1 Å². The molecule has 3 aromatic rings. The summed E-state index contributed by atoms with van der Waals surface area (Å²) in [6.45, 7) is 3.62. The number of halogens is 3. The molecule has 6 nitrogen and oxygen atoms in total. The van der Waals surface area contributed by atoms with Crippen LogP contribution in [0.25, 0.3) is 22.0 Å². The zero-order valence-electron chi connectivity index (χ0n) is 20.7. The van der Waals surface area contributed by atoms with Gasteiger partial charge in [-0.2, -0.15) is 0 Å². The zero-order valence-corrected chi connectivity index (χ0v) is 23.9. The minimum atomic E-state index is -3.51. The predicted octanol–water partition coefficient (Wildman–Crippen LogP) is 6.81. The molecule has 0 amide bonds. The first-order chi connectivity index (χ1) is 17.2. The number of rotatable bonds is 6. The Balaban J connectivity index is 0.00000320. The van der Waals surface area contributed by atoms with Gasteiger partial charge in [0.1, 0.15) is 4.90 Å². The van der Waals surface area contributed by atoms with E-state index >= 15 is 0 Å². The van der Waals surface area contributed by atoms with Gasteiger partial charge in [0.25, 0.3) is 0 Å². The second-order valence-electron chi connectivity index (χ2n) is 10.2. The number of hydrogen-bond acceptors (Lipinski definition) is 6. The van der Waals surface area contributed by atoms with Gasteiger partial charge in [-0.05, 0) is 92.9 Å². The lowest BCUT2D eigenvalue weighted by Gasteiger charge is -2.32. The van der Waals surface area contributed by atoms with Crippen molar-refractivity contribution >= 4 is 62.0 Å². The van der Waals surface area contributed by atoms with Crippen molar-refractivity contribution in [2.24, 2.45) is 5.92 Å². The monoisotopic (exact) mass is 583 g/mol. The Morgan fingerprint density at radius 1 is 1.03 bits per heavy atom. The molecule has 0 unspecified atom stereocenters. The fourth-order valence-electron chi connectivity index (χ4n) is 5.54. The number of likely N-dealkylation sites (tertiary alicyclic amines) is 1. The first kappa shape index (κ1) is 28.2. The Labute approximate surface area is 234 Å². The van der Waals surface area contributed by atoms with Crippen LogP contribution in [0.2, 0.25) is 10.0 Å². The van der Waals surface area contributed by atoms with E-state index in [0.29, 0.717) is 17.1 Å². The van der Waals surface area contributed by atoms with Crippen LogP contribution in [-0.4, -0.2) is 55.3 Å². The molecule has 1 aromatic heterocycles. The summed E-state index contributed by atoms with van der Waals surface area (Å²) in [5, 5.41) is 14.6. The molecule has 0 bridgehead atoms. The van der Waals surface area contributed by atoms with Gasteiger partial charge in [-0.25, -0.2) is 8.42 Å². The number of sulfone groups is 1. The number of aromatic nitrogens is 1. The standard InChI is InChI=1S/C27H31Cl2N3O3S.ClH/c1-36(34,35)25-15-30-24-9-6-18(19-13-22(28)27(33)23(29)14-19)12-21(24)26(25)31-20-7-4-17(5-8-20)16-32-10-2-3-11-32;/h6,9,12-15,17,20,33H,2-5,7-8,10-11,16H2,1H3,(H,30,31);1H. The fraction of sp³-hybridized carbons (Fsp3) is 0.444. The van der Waals surface area contributed by atoms with Crippen molar-refractivity contribution in [2.75, 3.05) is 31.2 Å². The van der Waals surface area contributed by atoms with Crippen LogP contribution in [0.4, 0.5) is 5.69 Å². The van der Waals surface area contributed by atoms with Crippen molar-refractivity contribution in [1.29, 1.82) is 0 Å². The SMILES string of the molecule is CS(=O)(=O)c1cnc2ccc(-c3cc(Cl)c(O)c(Cl)c3)cc2c1NC1CCC(CN2CCCC2)CC1.Cl. The summed E-state index contributed by atoms with van der Waals surface area (Å²) in [7, 11) is -3.51. The lowest BCUT2D eigenvalue weighted by molar-refractivity contribution is 0.228. The number of pyridine rings is 1. The van der Waals surface area contributed by atoms with Crippen molar-refractivity contribution in [3.05, 3.63) is 46.6 Å². The molecular formula is C27H32Cl3N3O3S. The molecule has 37 heavy (non-hydrogen) atoms. The smallest absolute Gasteiger partial charge is 0.179 e. The minimum Gasteiger partial charge on any atom is -0.505 e. The number of anilines is 1. The molecule has 1 saturated carbocycles. The maximum absolute atomic E-state index is 12.7. The van der Waals surface area contributed by atoms with Gasteiger partial charge in [-0.3, -0.25) is 4.98 Å². The van der Waals surface area contributed by atoms with Gasteiger partial charge in [0, 0.05) is 30.4 Å². The van der Waals surface area contributed by atoms with Gasteiger partial charge in [-0.1, -0.05) is 29.3 Å². The lowest BCUT2D eigenvalue weighted by Crippen LogP contribution is -2.33. The molecule has 0 atom stereocenters. The predicted molar refractivity (Wildman–Crippen MR) is 154 cm³/mol. The number of phenols is 1. The van der Waals surface area contributed by atoms with Crippen molar-refractivity contribution in [3.8, 4) is 16.9 Å². The minimum absolute atomic E-state index is 0. The average molecular weight is 585 g/mol. The third kappa shape index (κ3) is 6.28. The molecular weight excluding hydrogens is 553 g/mol. The number of nitrogens with one attached hydrogen (secondary N) is 1. The van der Waals surface area contributed by atoms with Crippen molar-refractivity contribution < 1.29 is 13.5 Å². The van der Waals surface area contributed by atoms with Gasteiger partial charge in [-0.15, -0.1) is 12.4 Å². The molecule has 1 aliphatic carbocycles. The number of fused-ring (bicyclic) bond motifs is 1. The third-order valence-electron chi connectivity index (χ3n) is 7.49. The highest BCUT2D eigenvalue weighted by atomic mass is 35.5. The number of aromatic hydroxyl groups is 1. The van der Waals surface area contributed by atoms with E-state index in [1.54, 1.807) is 12.1 Å². The summed E-state index contributed by atoms with van der Waals surface area (Å²) in [5.74, 6) is 0.548. The number of hydrogen-bond donors (Lipinski definition) is 2. The normalized spacial score (nSPS) is 20.6. The maximum atomic E-state index is 12.7. The molecule has 1 saturated heterocycles. The van der Waals surface area contributed by atoms with E-state index in [2.05, 4.69) is 15.2 Å². The van der Waals surface area contributed by atoms with Crippen LogP contribution in [0.5, 0.6) is 5.75 Å². The van der Waals surface area contributed by atoms with Crippen LogP contribution >= 0.6 is 35.6 Å². The maximum Gasteiger partial charge on any atom is 0.179 e. The van der Waals surface area contributed by atoms with E-state index < -0.39 is 9.84 Å². The van der Waals surface area contributed by atoms with Crippen molar-refractivity contribution in [3.63, 3.8) is 0 Å². The van der Waals surface area contributed by atoms with Crippen LogP contribution in [0.3, 0.4) is 0 Å². The van der Waals surface area contributed by atoms with E-state index in [9.17, 15) is 13.5 Å². The third-order valence-corrected chi connectivity index (χ3v) is 9.18. The Morgan fingerprint density at radius 2 is 1.68 bits per heavy atom. The molecule has 2 aliphatic rings. The van der Waals surface area contributed by atoms with Crippen molar-refractivity contribution in [1.82, 2.24) is 9.88 Å². The molecule has 0 spiro atoms. The zero-order chi connectivity index (χ0) is 25.4. The van der Waals surface area contributed by atoms with Crippen LogP contribution < -0.4 is 5.32 Å². The topological polar surface area (TPSA) is 82.5 Å². The van der Waals surface area contributed by atoms with Gasteiger partial charge >= 0.3 is 0 Å². The van der Waals surface area contributed by atoms with Crippen LogP contribution in [0, 0.1) is 5.92 Å². The molecule has 0 radical (unpaired) electrons.